The predicted octanol–water partition coefficient (Wildman–Crippen LogP) is 5.21. The molecule has 0 bridgehead atoms. The van der Waals surface area contributed by atoms with E-state index in [0.717, 1.165) is 25.0 Å². The number of hydrogen-bond acceptors (Lipinski definition) is 4. The number of likely N-dealkylation sites (tertiary alicyclic amines) is 1. The highest BCUT2D eigenvalue weighted by Gasteiger charge is 2.42. The Morgan fingerprint density at radius 2 is 1.66 bits per heavy atom. The van der Waals surface area contributed by atoms with Crippen LogP contribution in [-0.2, 0) is 26.1 Å². The molecule has 0 radical (unpaired) electrons. The van der Waals surface area contributed by atoms with Gasteiger partial charge < -0.3 is 14.4 Å². The van der Waals surface area contributed by atoms with Gasteiger partial charge in [-0.15, -0.1) is 0 Å². The van der Waals surface area contributed by atoms with Crippen molar-refractivity contribution in [3.63, 3.8) is 0 Å². The van der Waals surface area contributed by atoms with E-state index in [2.05, 4.69) is 0 Å². The first kappa shape index (κ1) is 23.9. The molecule has 5 nitrogen and oxygen atoms in total. The Bertz CT molecular complexity index is 974. The van der Waals surface area contributed by atoms with Crippen molar-refractivity contribution in [2.75, 3.05) is 13.1 Å². The van der Waals surface area contributed by atoms with Gasteiger partial charge in [0.2, 0.25) is 5.60 Å². The van der Waals surface area contributed by atoms with Crippen molar-refractivity contribution < 1.29 is 32.2 Å². The van der Waals surface area contributed by atoms with Crippen molar-refractivity contribution in [3.05, 3.63) is 64.7 Å². The Kier molecular flexibility index (Phi) is 7.03. The van der Waals surface area contributed by atoms with Crippen LogP contribution in [-0.4, -0.2) is 36.0 Å². The first-order valence-electron chi connectivity index (χ1n) is 10.1. The zero-order valence-corrected chi connectivity index (χ0v) is 18.4. The van der Waals surface area contributed by atoms with Gasteiger partial charge in [0.15, 0.2) is 6.10 Å². The minimum absolute atomic E-state index is 0.173. The van der Waals surface area contributed by atoms with Crippen LogP contribution < -0.4 is 4.74 Å². The lowest BCUT2D eigenvalue weighted by Gasteiger charge is -2.31. The fourth-order valence-corrected chi connectivity index (χ4v) is 3.60. The van der Waals surface area contributed by atoms with Gasteiger partial charge in [-0.05, 0) is 57.0 Å². The summed E-state index contributed by atoms with van der Waals surface area (Å²) >= 11 is 5.94. The lowest BCUT2D eigenvalue weighted by Crippen LogP contribution is -2.45. The van der Waals surface area contributed by atoms with Gasteiger partial charge in [-0.25, -0.2) is 4.79 Å². The van der Waals surface area contributed by atoms with Crippen LogP contribution in [0.1, 0.15) is 37.8 Å². The highest BCUT2D eigenvalue weighted by molar-refractivity contribution is 6.30. The molecule has 1 heterocycles. The maximum Gasteiger partial charge on any atom is 0.416 e. The SMILES string of the molecule is CC(OC(=O)[C@@](C)(Oc1cccc(C(F)(F)F)c1)c1ccc(Cl)cc1)C(=O)N1CCCC1. The standard InChI is InChI=1S/C23H23ClF3NO4/c1-15(20(29)28-12-3-4-13-28)31-21(30)22(2,16-8-10-18(24)11-9-16)32-19-7-5-6-17(14-19)23(25,26)27/h5-11,14-15H,3-4,12-13H2,1-2H3/t15?,22-/m0/s1. The quantitative estimate of drug-likeness (QED) is 0.545. The maximum absolute atomic E-state index is 13.2. The summed E-state index contributed by atoms with van der Waals surface area (Å²) < 4.78 is 50.6. The molecule has 2 aromatic carbocycles. The van der Waals surface area contributed by atoms with E-state index in [1.165, 1.54) is 50.2 Å². The van der Waals surface area contributed by atoms with Crippen LogP contribution >= 0.6 is 11.6 Å². The molecule has 1 aliphatic rings. The van der Waals surface area contributed by atoms with Crippen LogP contribution in [0.25, 0.3) is 0 Å². The van der Waals surface area contributed by atoms with Crippen molar-refractivity contribution in [2.45, 2.75) is 44.6 Å². The molecule has 1 aliphatic heterocycles. The van der Waals surface area contributed by atoms with Crippen LogP contribution in [0, 0.1) is 0 Å². The van der Waals surface area contributed by atoms with Crippen LogP contribution in [0.2, 0.25) is 5.02 Å². The summed E-state index contributed by atoms with van der Waals surface area (Å²) in [4.78, 5) is 27.4. The average Bonchev–Trinajstić information content (AvgIpc) is 3.28. The number of alkyl halides is 3. The average molecular weight is 470 g/mol. The molecule has 9 heteroatoms. The Morgan fingerprint density at radius 3 is 2.25 bits per heavy atom. The molecule has 172 valence electrons. The molecular weight excluding hydrogens is 447 g/mol. The molecule has 2 atom stereocenters. The maximum atomic E-state index is 13.2. The molecule has 0 saturated carbocycles. The largest absolute Gasteiger partial charge is 0.471 e. The number of amides is 1. The molecule has 3 rings (SSSR count). The molecule has 0 spiro atoms. The van der Waals surface area contributed by atoms with Crippen LogP contribution in [0.15, 0.2) is 48.5 Å². The van der Waals surface area contributed by atoms with Gasteiger partial charge >= 0.3 is 12.1 Å². The van der Waals surface area contributed by atoms with Gasteiger partial charge in [0, 0.05) is 23.7 Å². The number of esters is 1. The highest BCUT2D eigenvalue weighted by Crippen LogP contribution is 2.35. The lowest BCUT2D eigenvalue weighted by atomic mass is 9.95. The summed E-state index contributed by atoms with van der Waals surface area (Å²) in [5.41, 5.74) is -2.43. The summed E-state index contributed by atoms with van der Waals surface area (Å²) in [6.07, 6.45) is -3.88. The number of rotatable bonds is 6. The Morgan fingerprint density at radius 1 is 1.03 bits per heavy atom. The van der Waals surface area contributed by atoms with Gasteiger partial charge in [0.25, 0.3) is 5.91 Å². The number of carbonyl (C=O) groups excluding carboxylic acids is 2. The van der Waals surface area contributed by atoms with E-state index in [9.17, 15) is 22.8 Å². The number of nitrogens with zero attached hydrogens (tertiary/aromatic N) is 1. The third kappa shape index (κ3) is 5.35. The molecule has 32 heavy (non-hydrogen) atoms. The molecule has 1 amide bonds. The Balaban J connectivity index is 1.90. The van der Waals surface area contributed by atoms with E-state index >= 15 is 0 Å². The third-order valence-corrected chi connectivity index (χ3v) is 5.57. The van der Waals surface area contributed by atoms with E-state index in [1.54, 1.807) is 4.90 Å². The van der Waals surface area contributed by atoms with Gasteiger partial charge in [-0.1, -0.05) is 29.8 Å². The fraction of sp³-hybridized carbons (Fsp3) is 0.391. The highest BCUT2D eigenvalue weighted by atomic mass is 35.5. The first-order valence-corrected chi connectivity index (χ1v) is 10.5. The summed E-state index contributed by atoms with van der Waals surface area (Å²) in [6.45, 7) is 4.03. The monoisotopic (exact) mass is 469 g/mol. The predicted molar refractivity (Wildman–Crippen MR) is 112 cm³/mol. The third-order valence-electron chi connectivity index (χ3n) is 5.32. The summed E-state index contributed by atoms with van der Waals surface area (Å²) in [6, 6.07) is 10.3. The number of ether oxygens (including phenoxy) is 2. The molecule has 1 fully saturated rings. The molecule has 0 N–H and O–H groups in total. The minimum atomic E-state index is -4.58. The summed E-state index contributed by atoms with van der Waals surface area (Å²) in [7, 11) is 0. The van der Waals surface area contributed by atoms with E-state index < -0.39 is 29.4 Å². The topological polar surface area (TPSA) is 55.8 Å². The van der Waals surface area contributed by atoms with Crippen LogP contribution in [0.3, 0.4) is 0 Å². The molecule has 1 saturated heterocycles. The molecular formula is C23H23ClF3NO4. The zero-order valence-electron chi connectivity index (χ0n) is 17.6. The van der Waals surface area contributed by atoms with Crippen molar-refractivity contribution in [3.8, 4) is 5.75 Å². The van der Waals surface area contributed by atoms with Gasteiger partial charge in [0.1, 0.15) is 5.75 Å². The van der Waals surface area contributed by atoms with Crippen LogP contribution in [0.4, 0.5) is 13.2 Å². The van der Waals surface area contributed by atoms with E-state index in [4.69, 9.17) is 21.1 Å². The summed E-state index contributed by atoms with van der Waals surface area (Å²) in [5, 5.41) is 0.404. The second-order valence-corrected chi connectivity index (χ2v) is 8.18. The number of hydrogen-bond donors (Lipinski definition) is 0. The normalized spacial score (nSPS) is 16.9. The van der Waals surface area contributed by atoms with Crippen molar-refractivity contribution in [1.29, 1.82) is 0 Å². The second-order valence-electron chi connectivity index (χ2n) is 7.75. The molecule has 2 aromatic rings. The Hall–Kier alpha value is -2.74. The number of carbonyl (C=O) groups is 2. The Labute approximate surface area is 189 Å². The smallest absolute Gasteiger partial charge is 0.416 e. The van der Waals surface area contributed by atoms with Gasteiger partial charge in [0.05, 0.1) is 5.56 Å². The number of benzene rings is 2. The van der Waals surface area contributed by atoms with Gasteiger partial charge in [-0.2, -0.15) is 13.2 Å². The van der Waals surface area contributed by atoms with E-state index in [-0.39, 0.29) is 11.7 Å². The van der Waals surface area contributed by atoms with Crippen molar-refractivity contribution >= 4 is 23.5 Å². The summed E-state index contributed by atoms with van der Waals surface area (Å²) in [5.74, 6) is -1.40. The van der Waals surface area contributed by atoms with E-state index in [1.807, 2.05) is 0 Å². The first-order chi connectivity index (χ1) is 15.0. The lowest BCUT2D eigenvalue weighted by molar-refractivity contribution is -0.172. The zero-order chi connectivity index (χ0) is 23.5. The van der Waals surface area contributed by atoms with Crippen molar-refractivity contribution in [2.24, 2.45) is 0 Å². The molecule has 1 unspecified atom stereocenters. The fourth-order valence-electron chi connectivity index (χ4n) is 3.48. The minimum Gasteiger partial charge on any atom is -0.471 e. The van der Waals surface area contributed by atoms with Crippen molar-refractivity contribution in [1.82, 2.24) is 4.90 Å². The molecule has 0 aromatic heterocycles. The van der Waals surface area contributed by atoms with Gasteiger partial charge in [-0.3, -0.25) is 4.79 Å². The van der Waals surface area contributed by atoms with Crippen LogP contribution in [0.5, 0.6) is 5.75 Å². The number of halogens is 4. The molecule has 0 aliphatic carbocycles. The second kappa shape index (κ2) is 9.40. The van der Waals surface area contributed by atoms with E-state index in [0.29, 0.717) is 23.7 Å².